The van der Waals surface area contributed by atoms with Crippen LogP contribution >= 0.6 is 11.8 Å². The van der Waals surface area contributed by atoms with Crippen LogP contribution in [0, 0.1) is 5.92 Å². The van der Waals surface area contributed by atoms with Crippen molar-refractivity contribution in [1.29, 1.82) is 0 Å². The summed E-state index contributed by atoms with van der Waals surface area (Å²) in [5, 5.41) is 8.75. The standard InChI is InChI=1S/C13H18O3S/c1-10(2)9-16-7-8-17-12-5-3-11(4-6-12)13(14)15/h3-6,10H,7-9H2,1-2H3,(H,14,15). The maximum Gasteiger partial charge on any atom is 0.335 e. The van der Waals surface area contributed by atoms with Crippen molar-refractivity contribution in [3.05, 3.63) is 29.8 Å². The number of rotatable bonds is 7. The first-order valence-corrected chi connectivity index (χ1v) is 6.62. The SMILES string of the molecule is CC(C)COCCSc1ccc(C(=O)O)cc1. The molecule has 0 aliphatic heterocycles. The Balaban J connectivity index is 2.25. The molecule has 1 N–H and O–H groups in total. The first-order valence-electron chi connectivity index (χ1n) is 5.63. The van der Waals surface area contributed by atoms with Gasteiger partial charge in [-0.3, -0.25) is 0 Å². The lowest BCUT2D eigenvalue weighted by molar-refractivity contribution is 0.0697. The fraction of sp³-hybridized carbons (Fsp3) is 0.462. The van der Waals surface area contributed by atoms with Gasteiger partial charge in [-0.15, -0.1) is 11.8 Å². The minimum atomic E-state index is -0.887. The van der Waals surface area contributed by atoms with E-state index in [4.69, 9.17) is 9.84 Å². The highest BCUT2D eigenvalue weighted by Gasteiger charge is 2.01. The van der Waals surface area contributed by atoms with Crippen molar-refractivity contribution in [2.45, 2.75) is 18.7 Å². The summed E-state index contributed by atoms with van der Waals surface area (Å²) in [6, 6.07) is 6.91. The van der Waals surface area contributed by atoms with E-state index in [1.165, 1.54) is 0 Å². The molecule has 0 fully saturated rings. The van der Waals surface area contributed by atoms with Crippen LogP contribution in [0.5, 0.6) is 0 Å². The van der Waals surface area contributed by atoms with Gasteiger partial charge in [0.05, 0.1) is 12.2 Å². The summed E-state index contributed by atoms with van der Waals surface area (Å²) in [7, 11) is 0. The van der Waals surface area contributed by atoms with Gasteiger partial charge in [0.1, 0.15) is 0 Å². The Morgan fingerprint density at radius 1 is 1.35 bits per heavy atom. The molecule has 0 aromatic heterocycles. The van der Waals surface area contributed by atoms with Gasteiger partial charge in [-0.25, -0.2) is 4.79 Å². The van der Waals surface area contributed by atoms with Crippen molar-refractivity contribution >= 4 is 17.7 Å². The molecule has 0 bridgehead atoms. The number of thioether (sulfide) groups is 1. The van der Waals surface area contributed by atoms with Crippen LogP contribution in [0.25, 0.3) is 0 Å². The molecule has 0 aliphatic carbocycles. The van der Waals surface area contributed by atoms with E-state index >= 15 is 0 Å². The monoisotopic (exact) mass is 254 g/mol. The Hall–Kier alpha value is -1.00. The molecular formula is C13H18O3S. The van der Waals surface area contributed by atoms with Crippen molar-refractivity contribution in [1.82, 2.24) is 0 Å². The lowest BCUT2D eigenvalue weighted by atomic mass is 10.2. The Labute approximate surface area is 106 Å². The van der Waals surface area contributed by atoms with Crippen LogP contribution in [0.4, 0.5) is 0 Å². The Morgan fingerprint density at radius 2 is 2.00 bits per heavy atom. The highest BCUT2D eigenvalue weighted by molar-refractivity contribution is 7.99. The van der Waals surface area contributed by atoms with Crippen molar-refractivity contribution in [3.63, 3.8) is 0 Å². The molecule has 17 heavy (non-hydrogen) atoms. The second-order valence-electron chi connectivity index (χ2n) is 4.15. The fourth-order valence-corrected chi connectivity index (χ4v) is 2.00. The Bertz CT molecular complexity index is 346. The van der Waals surface area contributed by atoms with Gasteiger partial charge < -0.3 is 9.84 Å². The third kappa shape index (κ3) is 5.75. The van der Waals surface area contributed by atoms with E-state index in [1.54, 1.807) is 23.9 Å². The maximum absolute atomic E-state index is 10.6. The van der Waals surface area contributed by atoms with Gasteiger partial charge in [0.25, 0.3) is 0 Å². The normalized spacial score (nSPS) is 10.8. The number of hydrogen-bond donors (Lipinski definition) is 1. The van der Waals surface area contributed by atoms with E-state index in [0.29, 0.717) is 11.5 Å². The van der Waals surface area contributed by atoms with Crippen molar-refractivity contribution in [3.8, 4) is 0 Å². The largest absolute Gasteiger partial charge is 0.478 e. The van der Waals surface area contributed by atoms with Gasteiger partial charge in [0.15, 0.2) is 0 Å². The van der Waals surface area contributed by atoms with Crippen LogP contribution in [-0.2, 0) is 4.74 Å². The predicted molar refractivity (Wildman–Crippen MR) is 69.8 cm³/mol. The summed E-state index contributed by atoms with van der Waals surface area (Å²) in [5.74, 6) is 0.566. The summed E-state index contributed by atoms with van der Waals surface area (Å²) in [4.78, 5) is 11.7. The molecule has 1 rings (SSSR count). The number of hydrogen-bond acceptors (Lipinski definition) is 3. The van der Waals surface area contributed by atoms with Gasteiger partial charge in [-0.05, 0) is 30.2 Å². The number of carboxylic acids is 1. The van der Waals surface area contributed by atoms with E-state index in [-0.39, 0.29) is 0 Å². The molecule has 0 atom stereocenters. The zero-order chi connectivity index (χ0) is 12.7. The van der Waals surface area contributed by atoms with E-state index < -0.39 is 5.97 Å². The third-order valence-corrected chi connectivity index (χ3v) is 3.03. The Morgan fingerprint density at radius 3 is 2.53 bits per heavy atom. The second kappa shape index (κ2) is 7.35. The van der Waals surface area contributed by atoms with Crippen LogP contribution in [0.2, 0.25) is 0 Å². The first-order chi connectivity index (χ1) is 8.09. The summed E-state index contributed by atoms with van der Waals surface area (Å²) in [6.45, 7) is 5.76. The summed E-state index contributed by atoms with van der Waals surface area (Å²) >= 11 is 1.67. The highest BCUT2D eigenvalue weighted by atomic mass is 32.2. The summed E-state index contributed by atoms with van der Waals surface area (Å²) in [6.07, 6.45) is 0. The lowest BCUT2D eigenvalue weighted by Crippen LogP contribution is -2.04. The minimum absolute atomic E-state index is 0.324. The molecule has 0 aliphatic rings. The average molecular weight is 254 g/mol. The van der Waals surface area contributed by atoms with Crippen LogP contribution in [-0.4, -0.2) is 30.0 Å². The van der Waals surface area contributed by atoms with Crippen molar-refractivity contribution in [2.75, 3.05) is 19.0 Å². The van der Waals surface area contributed by atoms with Gasteiger partial charge >= 0.3 is 5.97 Å². The lowest BCUT2D eigenvalue weighted by Gasteiger charge is -2.06. The number of aromatic carboxylic acids is 1. The molecule has 1 aromatic carbocycles. The summed E-state index contributed by atoms with van der Waals surface area (Å²) < 4.78 is 5.46. The van der Waals surface area contributed by atoms with Crippen LogP contribution in [0.15, 0.2) is 29.2 Å². The minimum Gasteiger partial charge on any atom is -0.478 e. The molecule has 94 valence electrons. The van der Waals surface area contributed by atoms with Gasteiger partial charge in [0.2, 0.25) is 0 Å². The average Bonchev–Trinajstić information content (AvgIpc) is 2.29. The van der Waals surface area contributed by atoms with E-state index in [9.17, 15) is 4.79 Å². The quantitative estimate of drug-likeness (QED) is 0.600. The zero-order valence-electron chi connectivity index (χ0n) is 10.2. The number of benzene rings is 1. The van der Waals surface area contributed by atoms with Crippen LogP contribution in [0.1, 0.15) is 24.2 Å². The first kappa shape index (κ1) is 14.1. The molecule has 0 radical (unpaired) electrons. The predicted octanol–water partition coefficient (Wildman–Crippen LogP) is 3.15. The van der Waals surface area contributed by atoms with E-state index in [2.05, 4.69) is 13.8 Å². The van der Waals surface area contributed by atoms with Gasteiger partial charge in [0, 0.05) is 17.3 Å². The molecule has 0 saturated heterocycles. The molecule has 0 amide bonds. The molecule has 1 aromatic rings. The smallest absolute Gasteiger partial charge is 0.335 e. The van der Waals surface area contributed by atoms with E-state index in [1.807, 2.05) is 12.1 Å². The molecule has 3 nitrogen and oxygen atoms in total. The zero-order valence-corrected chi connectivity index (χ0v) is 11.0. The molecule has 0 heterocycles. The molecule has 0 unspecified atom stereocenters. The number of carbonyl (C=O) groups is 1. The third-order valence-electron chi connectivity index (χ3n) is 2.05. The molecular weight excluding hydrogens is 236 g/mol. The topological polar surface area (TPSA) is 46.5 Å². The molecule has 0 spiro atoms. The van der Waals surface area contributed by atoms with Gasteiger partial charge in [-0.1, -0.05) is 13.8 Å². The number of carboxylic acid groups (broad SMARTS) is 1. The van der Waals surface area contributed by atoms with Crippen LogP contribution in [0.3, 0.4) is 0 Å². The highest BCUT2D eigenvalue weighted by Crippen LogP contribution is 2.18. The maximum atomic E-state index is 10.6. The van der Waals surface area contributed by atoms with Crippen molar-refractivity contribution in [2.24, 2.45) is 5.92 Å². The second-order valence-corrected chi connectivity index (χ2v) is 5.32. The van der Waals surface area contributed by atoms with Crippen LogP contribution < -0.4 is 0 Å². The molecule has 4 heteroatoms. The fourth-order valence-electron chi connectivity index (χ4n) is 1.23. The Kier molecular flexibility index (Phi) is 6.08. The molecule has 0 saturated carbocycles. The van der Waals surface area contributed by atoms with E-state index in [0.717, 1.165) is 23.9 Å². The van der Waals surface area contributed by atoms with Crippen molar-refractivity contribution < 1.29 is 14.6 Å². The summed E-state index contributed by atoms with van der Waals surface area (Å²) in [5.41, 5.74) is 0.324. The van der Waals surface area contributed by atoms with Gasteiger partial charge in [-0.2, -0.15) is 0 Å². The number of ether oxygens (including phenoxy) is 1.